The summed E-state index contributed by atoms with van der Waals surface area (Å²) in [4.78, 5) is 28.5. The SMILES string of the molecule is CCCCN1C=C2c3ccccc3NC2(c2ccc(Cl)cc2)[C@@H]2C(=O)C=CC(=O)[C@@H]21. The number of unbranched alkanes of at least 4 members (excludes halogenated alkanes) is 1. The summed E-state index contributed by atoms with van der Waals surface area (Å²) < 4.78 is 0. The van der Waals surface area contributed by atoms with Gasteiger partial charge < -0.3 is 10.2 Å². The van der Waals surface area contributed by atoms with E-state index < -0.39 is 17.5 Å². The second-order valence-electron chi connectivity index (χ2n) is 8.18. The van der Waals surface area contributed by atoms with Gasteiger partial charge in [0.15, 0.2) is 11.6 Å². The minimum absolute atomic E-state index is 0.0166. The number of fused-ring (bicyclic) bond motifs is 5. The minimum atomic E-state index is -0.806. The third kappa shape index (κ3) is 2.67. The summed E-state index contributed by atoms with van der Waals surface area (Å²) in [6.07, 6.45) is 6.98. The molecule has 4 nitrogen and oxygen atoms in total. The molecule has 30 heavy (non-hydrogen) atoms. The number of allylic oxidation sites excluding steroid dienone is 1. The summed E-state index contributed by atoms with van der Waals surface area (Å²) in [5.41, 5.74) is 3.22. The van der Waals surface area contributed by atoms with E-state index in [4.69, 9.17) is 11.6 Å². The van der Waals surface area contributed by atoms with Gasteiger partial charge in [-0.2, -0.15) is 0 Å². The molecule has 0 radical (unpaired) electrons. The zero-order chi connectivity index (χ0) is 20.9. The van der Waals surface area contributed by atoms with Gasteiger partial charge in [0.25, 0.3) is 0 Å². The molecule has 3 aliphatic rings. The van der Waals surface area contributed by atoms with Gasteiger partial charge in [0.1, 0.15) is 11.6 Å². The molecule has 0 bridgehead atoms. The van der Waals surface area contributed by atoms with Gasteiger partial charge in [0.2, 0.25) is 0 Å². The Kier molecular flexibility index (Phi) is 4.55. The highest BCUT2D eigenvalue weighted by molar-refractivity contribution is 6.30. The fourth-order valence-electron chi connectivity index (χ4n) is 5.14. The molecule has 0 amide bonds. The molecule has 2 aliphatic heterocycles. The van der Waals surface area contributed by atoms with Gasteiger partial charge in [-0.3, -0.25) is 9.59 Å². The van der Waals surface area contributed by atoms with Crippen molar-refractivity contribution in [2.45, 2.75) is 31.3 Å². The lowest BCUT2D eigenvalue weighted by molar-refractivity contribution is -0.131. The van der Waals surface area contributed by atoms with E-state index in [2.05, 4.69) is 29.4 Å². The highest BCUT2D eigenvalue weighted by Crippen LogP contribution is 2.56. The predicted octanol–water partition coefficient (Wildman–Crippen LogP) is 4.81. The molecule has 1 N–H and O–H groups in total. The van der Waals surface area contributed by atoms with Crippen molar-refractivity contribution in [1.29, 1.82) is 0 Å². The highest BCUT2D eigenvalue weighted by atomic mass is 35.5. The molecule has 0 fully saturated rings. The van der Waals surface area contributed by atoms with Gasteiger partial charge in [-0.1, -0.05) is 55.3 Å². The summed E-state index contributed by atoms with van der Waals surface area (Å²) in [6, 6.07) is 15.2. The van der Waals surface area contributed by atoms with Crippen LogP contribution in [0, 0.1) is 5.92 Å². The van der Waals surface area contributed by atoms with Crippen LogP contribution >= 0.6 is 11.6 Å². The van der Waals surface area contributed by atoms with Gasteiger partial charge in [-0.15, -0.1) is 0 Å². The molecule has 1 aliphatic carbocycles. The number of hydrogen-bond donors (Lipinski definition) is 1. The number of para-hydroxylation sites is 1. The van der Waals surface area contributed by atoms with Crippen molar-refractivity contribution in [3.05, 3.63) is 83.0 Å². The molecular weight excluding hydrogens is 396 g/mol. The maximum Gasteiger partial charge on any atom is 0.179 e. The summed E-state index contributed by atoms with van der Waals surface area (Å²) >= 11 is 6.17. The van der Waals surface area contributed by atoms with Crippen LogP contribution in [-0.4, -0.2) is 29.1 Å². The monoisotopic (exact) mass is 418 g/mol. The number of hydrogen-bond acceptors (Lipinski definition) is 4. The zero-order valence-electron chi connectivity index (χ0n) is 16.8. The second kappa shape index (κ2) is 7.13. The molecule has 5 heteroatoms. The largest absolute Gasteiger partial charge is 0.370 e. The molecule has 2 heterocycles. The molecule has 5 rings (SSSR count). The topological polar surface area (TPSA) is 49.4 Å². The van der Waals surface area contributed by atoms with E-state index in [1.807, 2.05) is 42.5 Å². The van der Waals surface area contributed by atoms with Gasteiger partial charge >= 0.3 is 0 Å². The van der Waals surface area contributed by atoms with Crippen molar-refractivity contribution in [3.8, 4) is 0 Å². The van der Waals surface area contributed by atoms with Gasteiger partial charge in [0.05, 0.1) is 5.92 Å². The van der Waals surface area contributed by atoms with Crippen molar-refractivity contribution >= 4 is 34.4 Å². The number of carbonyl (C=O) groups excluding carboxylic acids is 2. The third-order valence-electron chi connectivity index (χ3n) is 6.49. The number of carbonyl (C=O) groups is 2. The van der Waals surface area contributed by atoms with E-state index in [0.29, 0.717) is 5.02 Å². The van der Waals surface area contributed by atoms with Crippen LogP contribution in [0.3, 0.4) is 0 Å². The van der Waals surface area contributed by atoms with E-state index >= 15 is 0 Å². The molecule has 0 aromatic heterocycles. The van der Waals surface area contributed by atoms with Crippen LogP contribution in [0.1, 0.15) is 30.9 Å². The smallest absolute Gasteiger partial charge is 0.179 e. The van der Waals surface area contributed by atoms with Gasteiger partial charge in [-0.25, -0.2) is 0 Å². The average Bonchev–Trinajstić information content (AvgIpc) is 3.09. The molecule has 152 valence electrons. The number of nitrogens with zero attached hydrogens (tertiary/aromatic N) is 1. The van der Waals surface area contributed by atoms with Crippen LogP contribution in [-0.2, 0) is 15.1 Å². The van der Waals surface area contributed by atoms with E-state index in [1.54, 1.807) is 0 Å². The lowest BCUT2D eigenvalue weighted by Gasteiger charge is -2.50. The number of benzene rings is 2. The molecule has 0 saturated carbocycles. The maximum absolute atomic E-state index is 13.4. The van der Waals surface area contributed by atoms with Gasteiger partial charge in [0, 0.05) is 34.6 Å². The quantitative estimate of drug-likeness (QED) is 0.774. The first kappa shape index (κ1) is 19.1. The summed E-state index contributed by atoms with van der Waals surface area (Å²) in [5, 5.41) is 4.31. The van der Waals surface area contributed by atoms with Crippen LogP contribution in [0.2, 0.25) is 5.02 Å². The van der Waals surface area contributed by atoms with Crippen LogP contribution in [0.5, 0.6) is 0 Å². The Hall–Kier alpha value is -2.85. The third-order valence-corrected chi connectivity index (χ3v) is 6.74. The number of rotatable bonds is 4. The highest BCUT2D eigenvalue weighted by Gasteiger charge is 2.59. The molecular formula is C25H23ClN2O2. The zero-order valence-corrected chi connectivity index (χ0v) is 17.5. The molecule has 0 saturated heterocycles. The average molecular weight is 419 g/mol. The van der Waals surface area contributed by atoms with Crippen LogP contribution in [0.25, 0.3) is 5.57 Å². The maximum atomic E-state index is 13.4. The molecule has 1 unspecified atom stereocenters. The summed E-state index contributed by atoms with van der Waals surface area (Å²) in [7, 11) is 0. The van der Waals surface area contributed by atoms with Crippen LogP contribution in [0.4, 0.5) is 5.69 Å². The van der Waals surface area contributed by atoms with E-state index in [1.165, 1.54) is 12.2 Å². The fraction of sp³-hybridized carbons (Fsp3) is 0.280. The number of nitrogens with one attached hydrogen (secondary N) is 1. The van der Waals surface area contributed by atoms with Crippen LogP contribution in [0.15, 0.2) is 66.9 Å². The van der Waals surface area contributed by atoms with E-state index in [-0.39, 0.29) is 11.6 Å². The number of anilines is 1. The van der Waals surface area contributed by atoms with E-state index in [9.17, 15) is 9.59 Å². The Balaban J connectivity index is 1.78. The standard InChI is InChI=1S/C25H23ClN2O2/c1-2-3-14-28-15-19-18-6-4-5-7-20(18)27-25(19,16-8-10-17(26)11-9-16)23-21(29)12-13-22(30)24(23)28/h4-13,15,23-24,27H,2-3,14H2,1H3/t23-,24+,25?/m1/s1. The lowest BCUT2D eigenvalue weighted by atomic mass is 9.64. The Morgan fingerprint density at radius 2 is 1.77 bits per heavy atom. The number of halogens is 1. The predicted molar refractivity (Wildman–Crippen MR) is 119 cm³/mol. The minimum Gasteiger partial charge on any atom is -0.370 e. The van der Waals surface area contributed by atoms with Crippen molar-refractivity contribution < 1.29 is 9.59 Å². The van der Waals surface area contributed by atoms with Crippen molar-refractivity contribution in [1.82, 2.24) is 4.90 Å². The van der Waals surface area contributed by atoms with Crippen molar-refractivity contribution in [3.63, 3.8) is 0 Å². The Morgan fingerprint density at radius 3 is 2.53 bits per heavy atom. The Bertz CT molecular complexity index is 1090. The van der Waals surface area contributed by atoms with Crippen molar-refractivity contribution in [2.24, 2.45) is 5.92 Å². The first-order chi connectivity index (χ1) is 14.6. The summed E-state index contributed by atoms with van der Waals surface area (Å²) in [5.74, 6) is -0.598. The lowest BCUT2D eigenvalue weighted by Crippen LogP contribution is -2.61. The molecule has 2 aromatic carbocycles. The Labute approximate surface area is 181 Å². The van der Waals surface area contributed by atoms with Crippen LogP contribution < -0.4 is 5.32 Å². The normalized spacial score (nSPS) is 26.6. The van der Waals surface area contributed by atoms with E-state index in [0.717, 1.165) is 41.8 Å². The van der Waals surface area contributed by atoms with Gasteiger partial charge in [-0.05, 0) is 42.3 Å². The second-order valence-corrected chi connectivity index (χ2v) is 8.62. The fourth-order valence-corrected chi connectivity index (χ4v) is 5.26. The summed E-state index contributed by atoms with van der Waals surface area (Å²) in [6.45, 7) is 2.87. The number of ketones is 2. The molecule has 3 atom stereocenters. The van der Waals surface area contributed by atoms with Crippen molar-refractivity contribution in [2.75, 3.05) is 11.9 Å². The molecule has 0 spiro atoms. The molecule has 2 aromatic rings. The first-order valence-corrected chi connectivity index (χ1v) is 10.8. The Morgan fingerprint density at radius 1 is 1.03 bits per heavy atom. The first-order valence-electron chi connectivity index (χ1n) is 10.4.